The normalized spacial score (nSPS) is 11.2. The second-order valence-corrected chi connectivity index (χ2v) is 4.99. The number of phenolic OH excluding ortho intramolecular Hbond substituents is 1. The smallest absolute Gasteiger partial charge is 0.272 e. The van der Waals surface area contributed by atoms with Gasteiger partial charge in [0.1, 0.15) is 5.75 Å². The van der Waals surface area contributed by atoms with Gasteiger partial charge in [-0.1, -0.05) is 24.3 Å². The van der Waals surface area contributed by atoms with Crippen LogP contribution in [-0.2, 0) is 0 Å². The molecule has 0 aliphatic rings. The van der Waals surface area contributed by atoms with Crippen LogP contribution in [0.3, 0.4) is 0 Å². The summed E-state index contributed by atoms with van der Waals surface area (Å²) in [4.78, 5) is 12.0. The van der Waals surface area contributed by atoms with Crippen LogP contribution >= 0.6 is 15.9 Å². The molecule has 0 radical (unpaired) electrons. The van der Waals surface area contributed by atoms with Gasteiger partial charge < -0.3 is 5.11 Å². The molecule has 102 valence electrons. The standard InChI is InChI=1S/C15H13BrN2O2/c1-10(11-6-3-5-9-14(11)19)17-18-15(20)12-7-2-4-8-13(12)16/h2-9,19H,1H3,(H,18,20). The van der Waals surface area contributed by atoms with E-state index >= 15 is 0 Å². The molecule has 0 heterocycles. The molecule has 0 unspecified atom stereocenters. The number of benzene rings is 2. The summed E-state index contributed by atoms with van der Waals surface area (Å²) in [7, 11) is 0. The van der Waals surface area contributed by atoms with Gasteiger partial charge in [-0.25, -0.2) is 5.43 Å². The molecule has 2 N–H and O–H groups in total. The lowest BCUT2D eigenvalue weighted by Gasteiger charge is -2.05. The molecule has 4 nitrogen and oxygen atoms in total. The number of hydrogen-bond donors (Lipinski definition) is 2. The van der Waals surface area contributed by atoms with Crippen LogP contribution in [0.2, 0.25) is 0 Å². The molecule has 0 bridgehead atoms. The Bertz CT molecular complexity index is 668. The molecule has 1 amide bonds. The average Bonchev–Trinajstić information content (AvgIpc) is 2.45. The van der Waals surface area contributed by atoms with Crippen molar-refractivity contribution in [3.63, 3.8) is 0 Å². The number of carbonyl (C=O) groups excluding carboxylic acids is 1. The van der Waals surface area contributed by atoms with Gasteiger partial charge in [-0.3, -0.25) is 4.79 Å². The third kappa shape index (κ3) is 3.24. The number of nitrogens with one attached hydrogen (secondary N) is 1. The summed E-state index contributed by atoms with van der Waals surface area (Å²) in [6, 6.07) is 13.9. The fraction of sp³-hybridized carbons (Fsp3) is 0.0667. The second-order valence-electron chi connectivity index (χ2n) is 4.14. The maximum Gasteiger partial charge on any atom is 0.272 e. The summed E-state index contributed by atoms with van der Waals surface area (Å²) in [5.41, 5.74) is 4.09. The quantitative estimate of drug-likeness (QED) is 0.669. The van der Waals surface area contributed by atoms with E-state index in [2.05, 4.69) is 26.5 Å². The molecular formula is C15H13BrN2O2. The zero-order valence-electron chi connectivity index (χ0n) is 10.8. The van der Waals surface area contributed by atoms with Crippen LogP contribution in [0.1, 0.15) is 22.8 Å². The molecule has 2 aromatic carbocycles. The number of rotatable bonds is 3. The predicted octanol–water partition coefficient (Wildman–Crippen LogP) is 3.31. The molecule has 20 heavy (non-hydrogen) atoms. The van der Waals surface area contributed by atoms with Gasteiger partial charge in [-0.05, 0) is 47.1 Å². The summed E-state index contributed by atoms with van der Waals surface area (Å²) in [5.74, 6) is -0.184. The third-order valence-corrected chi connectivity index (χ3v) is 3.43. The van der Waals surface area contributed by atoms with E-state index in [1.54, 1.807) is 49.4 Å². The number of para-hydroxylation sites is 1. The number of amides is 1. The Hall–Kier alpha value is -2.14. The predicted molar refractivity (Wildman–Crippen MR) is 81.9 cm³/mol. The van der Waals surface area contributed by atoms with E-state index in [4.69, 9.17) is 0 Å². The van der Waals surface area contributed by atoms with Gasteiger partial charge in [0.25, 0.3) is 5.91 Å². The Kier molecular flexibility index (Phi) is 4.53. The first-order valence-electron chi connectivity index (χ1n) is 5.97. The maximum absolute atomic E-state index is 12.0. The van der Waals surface area contributed by atoms with Gasteiger partial charge in [0.2, 0.25) is 0 Å². The van der Waals surface area contributed by atoms with Crippen LogP contribution in [0.5, 0.6) is 5.75 Å². The van der Waals surface area contributed by atoms with Gasteiger partial charge in [0.15, 0.2) is 0 Å². The topological polar surface area (TPSA) is 61.7 Å². The van der Waals surface area contributed by atoms with E-state index in [1.165, 1.54) is 0 Å². The summed E-state index contributed by atoms with van der Waals surface area (Å²) in [6.45, 7) is 1.72. The first-order valence-corrected chi connectivity index (χ1v) is 6.76. The van der Waals surface area contributed by atoms with Crippen LogP contribution in [-0.4, -0.2) is 16.7 Å². The minimum absolute atomic E-state index is 0.129. The molecule has 5 heteroatoms. The Morgan fingerprint density at radius 1 is 1.10 bits per heavy atom. The van der Waals surface area contributed by atoms with Gasteiger partial charge in [0, 0.05) is 10.0 Å². The zero-order chi connectivity index (χ0) is 14.5. The maximum atomic E-state index is 12.0. The molecule has 0 atom stereocenters. The van der Waals surface area contributed by atoms with E-state index in [-0.39, 0.29) is 11.7 Å². The molecular weight excluding hydrogens is 320 g/mol. The molecule has 2 aromatic rings. The first kappa shape index (κ1) is 14.3. The van der Waals surface area contributed by atoms with E-state index in [9.17, 15) is 9.90 Å². The van der Waals surface area contributed by atoms with Gasteiger partial charge in [-0.2, -0.15) is 5.10 Å². The fourth-order valence-electron chi connectivity index (χ4n) is 1.68. The van der Waals surface area contributed by atoms with Crippen molar-refractivity contribution in [3.8, 4) is 5.75 Å². The summed E-state index contributed by atoms with van der Waals surface area (Å²) >= 11 is 3.31. The summed E-state index contributed by atoms with van der Waals surface area (Å²) in [5, 5.41) is 13.7. The highest BCUT2D eigenvalue weighted by atomic mass is 79.9. The number of hydrazone groups is 1. The van der Waals surface area contributed by atoms with Crippen molar-refractivity contribution in [3.05, 3.63) is 64.1 Å². The number of hydrogen-bond acceptors (Lipinski definition) is 3. The highest BCUT2D eigenvalue weighted by Gasteiger charge is 2.09. The monoisotopic (exact) mass is 332 g/mol. The SMILES string of the molecule is CC(=NNC(=O)c1ccccc1Br)c1ccccc1O. The van der Waals surface area contributed by atoms with Crippen molar-refractivity contribution in [2.75, 3.05) is 0 Å². The van der Waals surface area contributed by atoms with Gasteiger partial charge in [0.05, 0.1) is 11.3 Å². The number of phenols is 1. The van der Waals surface area contributed by atoms with Crippen molar-refractivity contribution in [2.45, 2.75) is 6.92 Å². The van der Waals surface area contributed by atoms with E-state index in [1.807, 2.05) is 6.07 Å². The number of aromatic hydroxyl groups is 1. The van der Waals surface area contributed by atoms with Crippen LogP contribution in [0.25, 0.3) is 0 Å². The lowest BCUT2D eigenvalue weighted by molar-refractivity contribution is 0.0954. The second kappa shape index (κ2) is 6.34. The van der Waals surface area contributed by atoms with Crippen LogP contribution in [0, 0.1) is 0 Å². The minimum atomic E-state index is -0.313. The van der Waals surface area contributed by atoms with E-state index < -0.39 is 0 Å². The highest BCUT2D eigenvalue weighted by molar-refractivity contribution is 9.10. The number of nitrogens with zero attached hydrogens (tertiary/aromatic N) is 1. The van der Waals surface area contributed by atoms with Crippen molar-refractivity contribution < 1.29 is 9.90 Å². The van der Waals surface area contributed by atoms with Crippen LogP contribution < -0.4 is 5.43 Å². The van der Waals surface area contributed by atoms with Crippen molar-refractivity contribution in [1.82, 2.24) is 5.43 Å². The number of halogens is 1. The molecule has 0 saturated heterocycles. The Balaban J connectivity index is 2.16. The van der Waals surface area contributed by atoms with Crippen molar-refractivity contribution in [2.24, 2.45) is 5.10 Å². The lowest BCUT2D eigenvalue weighted by atomic mass is 10.1. The fourth-order valence-corrected chi connectivity index (χ4v) is 2.14. The number of carbonyl (C=O) groups is 1. The highest BCUT2D eigenvalue weighted by Crippen LogP contribution is 2.17. The van der Waals surface area contributed by atoms with Crippen molar-refractivity contribution >= 4 is 27.5 Å². The Morgan fingerprint density at radius 3 is 2.35 bits per heavy atom. The van der Waals surface area contributed by atoms with Crippen LogP contribution in [0.4, 0.5) is 0 Å². The Labute approximate surface area is 125 Å². The first-order chi connectivity index (χ1) is 9.59. The van der Waals surface area contributed by atoms with Gasteiger partial charge in [-0.15, -0.1) is 0 Å². The van der Waals surface area contributed by atoms with Gasteiger partial charge >= 0.3 is 0 Å². The largest absolute Gasteiger partial charge is 0.507 e. The molecule has 0 saturated carbocycles. The summed E-state index contributed by atoms with van der Waals surface area (Å²) in [6.07, 6.45) is 0. The summed E-state index contributed by atoms with van der Waals surface area (Å²) < 4.78 is 0.702. The zero-order valence-corrected chi connectivity index (χ0v) is 12.4. The minimum Gasteiger partial charge on any atom is -0.507 e. The van der Waals surface area contributed by atoms with E-state index in [0.717, 1.165) is 0 Å². The Morgan fingerprint density at radius 2 is 1.70 bits per heavy atom. The molecule has 0 aliphatic carbocycles. The molecule has 0 spiro atoms. The third-order valence-electron chi connectivity index (χ3n) is 2.74. The van der Waals surface area contributed by atoms with Crippen LogP contribution in [0.15, 0.2) is 58.1 Å². The average molecular weight is 333 g/mol. The molecule has 0 aliphatic heterocycles. The van der Waals surface area contributed by atoms with Crippen molar-refractivity contribution in [1.29, 1.82) is 0 Å². The van der Waals surface area contributed by atoms with E-state index in [0.29, 0.717) is 21.3 Å². The molecule has 2 rings (SSSR count). The lowest BCUT2D eigenvalue weighted by Crippen LogP contribution is -2.19. The molecule has 0 fully saturated rings. The molecule has 0 aromatic heterocycles.